The van der Waals surface area contributed by atoms with Gasteiger partial charge in [-0.05, 0) is 6.07 Å². The van der Waals surface area contributed by atoms with Crippen LogP contribution in [0.25, 0.3) is 0 Å². The minimum Gasteiger partial charge on any atom is -0.484 e. The van der Waals surface area contributed by atoms with Crippen LogP contribution >= 0.6 is 0 Å². The van der Waals surface area contributed by atoms with Gasteiger partial charge in [0.1, 0.15) is 12.7 Å². The molecule has 1 aromatic rings. The molecule has 2 rings (SSSR count). The summed E-state index contributed by atoms with van der Waals surface area (Å²) >= 11 is 0. The zero-order valence-corrected chi connectivity index (χ0v) is 10.5. The van der Waals surface area contributed by atoms with Gasteiger partial charge >= 0.3 is 5.69 Å². The van der Waals surface area contributed by atoms with Crippen LogP contribution in [0.3, 0.4) is 0 Å². The average molecular weight is 283 g/mol. The molecule has 0 spiro atoms. The maximum absolute atomic E-state index is 10.9. The van der Waals surface area contributed by atoms with E-state index in [9.17, 15) is 20.2 Å². The van der Waals surface area contributed by atoms with Crippen molar-refractivity contribution in [2.45, 2.75) is 6.10 Å². The SMILES string of the molecule is O=[N+]([O-])c1ccc(OCC2CNCCO2)c([N+](=O)[O-])c1. The fraction of sp³-hybridized carbons (Fsp3) is 0.455. The lowest BCUT2D eigenvalue weighted by Gasteiger charge is -2.23. The maximum atomic E-state index is 10.9. The first kappa shape index (κ1) is 14.2. The second kappa shape index (κ2) is 6.26. The standard InChI is InChI=1S/C11H13N3O6/c15-13(16)8-1-2-11(10(5-8)14(17)18)20-7-9-6-12-3-4-19-9/h1-2,5,9,12H,3-4,6-7H2. The lowest BCUT2D eigenvalue weighted by atomic mass is 10.2. The Morgan fingerprint density at radius 3 is 2.75 bits per heavy atom. The van der Waals surface area contributed by atoms with Gasteiger partial charge in [-0.2, -0.15) is 0 Å². The number of non-ortho nitro benzene ring substituents is 1. The van der Waals surface area contributed by atoms with Gasteiger partial charge in [0.25, 0.3) is 5.69 Å². The first-order valence-electron chi connectivity index (χ1n) is 5.96. The van der Waals surface area contributed by atoms with E-state index in [1.54, 1.807) is 0 Å². The van der Waals surface area contributed by atoms with E-state index >= 15 is 0 Å². The van der Waals surface area contributed by atoms with Gasteiger partial charge in [-0.15, -0.1) is 0 Å². The molecule has 20 heavy (non-hydrogen) atoms. The van der Waals surface area contributed by atoms with E-state index < -0.39 is 15.5 Å². The molecule has 1 fully saturated rings. The second-order valence-corrected chi connectivity index (χ2v) is 4.17. The summed E-state index contributed by atoms with van der Waals surface area (Å²) in [4.78, 5) is 20.1. The van der Waals surface area contributed by atoms with Gasteiger partial charge in [0.15, 0.2) is 5.75 Å². The molecule has 1 unspecified atom stereocenters. The Morgan fingerprint density at radius 2 is 2.15 bits per heavy atom. The third-order valence-electron chi connectivity index (χ3n) is 2.78. The smallest absolute Gasteiger partial charge is 0.317 e. The Hall–Kier alpha value is -2.26. The summed E-state index contributed by atoms with van der Waals surface area (Å²) in [6.07, 6.45) is -0.196. The summed E-state index contributed by atoms with van der Waals surface area (Å²) in [5.74, 6) is -0.00484. The van der Waals surface area contributed by atoms with Crippen LogP contribution in [-0.4, -0.2) is 42.3 Å². The predicted molar refractivity (Wildman–Crippen MR) is 67.9 cm³/mol. The number of hydrogen-bond acceptors (Lipinski definition) is 7. The molecule has 1 saturated heterocycles. The molecular formula is C11H13N3O6. The third-order valence-corrected chi connectivity index (χ3v) is 2.78. The van der Waals surface area contributed by atoms with E-state index in [1.807, 2.05) is 0 Å². The van der Waals surface area contributed by atoms with Crippen LogP contribution in [0.1, 0.15) is 0 Å². The molecule has 0 aromatic heterocycles. The number of nitro benzene ring substituents is 2. The van der Waals surface area contributed by atoms with Gasteiger partial charge in [0.2, 0.25) is 0 Å². The van der Waals surface area contributed by atoms with Crippen molar-refractivity contribution in [3.05, 3.63) is 38.4 Å². The van der Waals surface area contributed by atoms with Crippen molar-refractivity contribution in [1.82, 2.24) is 5.32 Å². The molecule has 1 aliphatic heterocycles. The van der Waals surface area contributed by atoms with Crippen LogP contribution in [0.2, 0.25) is 0 Å². The Morgan fingerprint density at radius 1 is 1.35 bits per heavy atom. The number of benzene rings is 1. The Bertz CT molecular complexity index is 515. The Labute approximate surface area is 113 Å². The van der Waals surface area contributed by atoms with Gasteiger partial charge in [-0.25, -0.2) is 0 Å². The normalized spacial score (nSPS) is 18.5. The summed E-state index contributed by atoms with van der Waals surface area (Å²) in [5.41, 5.74) is -0.775. The van der Waals surface area contributed by atoms with E-state index in [0.29, 0.717) is 13.2 Å². The largest absolute Gasteiger partial charge is 0.484 e. The summed E-state index contributed by atoms with van der Waals surface area (Å²) < 4.78 is 10.7. The minimum absolute atomic E-state index is 0.00484. The van der Waals surface area contributed by atoms with Crippen LogP contribution in [-0.2, 0) is 4.74 Å². The monoisotopic (exact) mass is 283 g/mol. The average Bonchev–Trinajstić information content (AvgIpc) is 2.45. The number of nitrogens with zero attached hydrogens (tertiary/aromatic N) is 2. The zero-order valence-electron chi connectivity index (χ0n) is 10.5. The van der Waals surface area contributed by atoms with E-state index in [4.69, 9.17) is 9.47 Å². The fourth-order valence-corrected chi connectivity index (χ4v) is 1.79. The predicted octanol–water partition coefficient (Wildman–Crippen LogP) is 0.870. The van der Waals surface area contributed by atoms with Crippen LogP contribution in [0.4, 0.5) is 11.4 Å². The molecule has 0 saturated carbocycles. The molecule has 9 heteroatoms. The van der Waals surface area contributed by atoms with Crippen molar-refractivity contribution in [2.24, 2.45) is 0 Å². The van der Waals surface area contributed by atoms with Crippen molar-refractivity contribution < 1.29 is 19.3 Å². The third kappa shape index (κ3) is 3.39. The van der Waals surface area contributed by atoms with Gasteiger partial charge in [0.05, 0.1) is 22.5 Å². The number of nitro groups is 2. The highest BCUT2D eigenvalue weighted by Crippen LogP contribution is 2.31. The molecule has 1 aliphatic rings. The summed E-state index contributed by atoms with van der Waals surface area (Å²) in [5, 5.41) is 24.6. The van der Waals surface area contributed by atoms with Crippen LogP contribution in [0.15, 0.2) is 18.2 Å². The van der Waals surface area contributed by atoms with Gasteiger partial charge in [-0.3, -0.25) is 20.2 Å². The second-order valence-electron chi connectivity index (χ2n) is 4.17. The quantitative estimate of drug-likeness (QED) is 0.629. The molecule has 1 aromatic carbocycles. The van der Waals surface area contributed by atoms with Crippen LogP contribution in [0.5, 0.6) is 5.75 Å². The minimum atomic E-state index is -0.706. The number of nitrogens with one attached hydrogen (secondary N) is 1. The van der Waals surface area contributed by atoms with Gasteiger partial charge in [-0.1, -0.05) is 0 Å². The summed E-state index contributed by atoms with van der Waals surface area (Å²) in [7, 11) is 0. The summed E-state index contributed by atoms with van der Waals surface area (Å²) in [6.45, 7) is 2.05. The van der Waals surface area contributed by atoms with Crippen LogP contribution < -0.4 is 10.1 Å². The maximum Gasteiger partial charge on any atom is 0.317 e. The molecule has 0 aliphatic carbocycles. The molecule has 0 amide bonds. The molecule has 1 N–H and O–H groups in total. The molecule has 108 valence electrons. The molecule has 1 atom stereocenters. The number of ether oxygens (including phenoxy) is 2. The molecule has 9 nitrogen and oxygen atoms in total. The van der Waals surface area contributed by atoms with E-state index in [1.165, 1.54) is 12.1 Å². The van der Waals surface area contributed by atoms with Gasteiger partial charge < -0.3 is 14.8 Å². The summed E-state index contributed by atoms with van der Waals surface area (Å²) in [6, 6.07) is 3.28. The first-order valence-corrected chi connectivity index (χ1v) is 5.96. The number of hydrogen-bond donors (Lipinski definition) is 1. The molecule has 0 radical (unpaired) electrons. The first-order chi connectivity index (χ1) is 9.58. The topological polar surface area (TPSA) is 117 Å². The van der Waals surface area contributed by atoms with E-state index in [-0.39, 0.29) is 24.1 Å². The van der Waals surface area contributed by atoms with Gasteiger partial charge in [0, 0.05) is 19.2 Å². The Kier molecular flexibility index (Phi) is 4.43. The van der Waals surface area contributed by atoms with Crippen molar-refractivity contribution in [2.75, 3.05) is 26.3 Å². The van der Waals surface area contributed by atoms with E-state index in [2.05, 4.69) is 5.32 Å². The van der Waals surface area contributed by atoms with Crippen molar-refractivity contribution in [3.63, 3.8) is 0 Å². The lowest BCUT2D eigenvalue weighted by Crippen LogP contribution is -2.41. The van der Waals surface area contributed by atoms with E-state index in [0.717, 1.165) is 12.6 Å². The van der Waals surface area contributed by atoms with Crippen molar-refractivity contribution in [3.8, 4) is 5.75 Å². The molecular weight excluding hydrogens is 270 g/mol. The molecule has 1 heterocycles. The number of rotatable bonds is 5. The highest BCUT2D eigenvalue weighted by atomic mass is 16.6. The lowest BCUT2D eigenvalue weighted by molar-refractivity contribution is -0.394. The Balaban J connectivity index is 2.09. The van der Waals surface area contributed by atoms with Crippen LogP contribution in [0, 0.1) is 20.2 Å². The van der Waals surface area contributed by atoms with Crippen molar-refractivity contribution >= 4 is 11.4 Å². The fourth-order valence-electron chi connectivity index (χ4n) is 1.79. The zero-order chi connectivity index (χ0) is 14.5. The van der Waals surface area contributed by atoms with Crippen molar-refractivity contribution in [1.29, 1.82) is 0 Å². The number of morpholine rings is 1. The highest BCUT2D eigenvalue weighted by molar-refractivity contribution is 5.53. The molecule has 0 bridgehead atoms. The highest BCUT2D eigenvalue weighted by Gasteiger charge is 2.22.